The van der Waals surface area contributed by atoms with E-state index in [4.69, 9.17) is 15.2 Å². The number of anilines is 1. The number of nitrogens with zero attached hydrogens (tertiary/aromatic N) is 2. The van der Waals surface area contributed by atoms with Crippen LogP contribution in [0.2, 0.25) is 0 Å². The third-order valence-electron chi connectivity index (χ3n) is 2.59. The maximum absolute atomic E-state index is 11.9. The molecule has 0 radical (unpaired) electrons. The molecule has 0 fully saturated rings. The average molecular weight is 275 g/mol. The zero-order valence-corrected chi connectivity index (χ0v) is 11.3. The summed E-state index contributed by atoms with van der Waals surface area (Å²) in [6, 6.07) is 6.67. The van der Waals surface area contributed by atoms with Crippen molar-refractivity contribution in [1.82, 2.24) is 9.78 Å². The number of carbonyl (C=O) groups excluding carboxylic acids is 1. The SMILES string of the molecule is CCOc1cc(N)cc(C(=O)OCCn2cccn2)c1. The van der Waals surface area contributed by atoms with E-state index in [1.807, 2.05) is 19.2 Å². The summed E-state index contributed by atoms with van der Waals surface area (Å²) in [5.41, 5.74) is 6.58. The topological polar surface area (TPSA) is 79.4 Å². The van der Waals surface area contributed by atoms with Gasteiger partial charge in [0, 0.05) is 24.1 Å². The van der Waals surface area contributed by atoms with E-state index in [0.29, 0.717) is 30.2 Å². The molecule has 0 amide bonds. The molecule has 2 aromatic rings. The van der Waals surface area contributed by atoms with Gasteiger partial charge in [0.15, 0.2) is 0 Å². The largest absolute Gasteiger partial charge is 0.494 e. The van der Waals surface area contributed by atoms with Crippen LogP contribution in [0.3, 0.4) is 0 Å². The first-order valence-corrected chi connectivity index (χ1v) is 6.37. The molecule has 0 aliphatic heterocycles. The molecule has 2 N–H and O–H groups in total. The van der Waals surface area contributed by atoms with Crippen LogP contribution < -0.4 is 10.5 Å². The predicted octanol–water partition coefficient (Wildman–Crippen LogP) is 1.72. The Bertz CT molecular complexity index is 567. The van der Waals surface area contributed by atoms with Gasteiger partial charge in [-0.1, -0.05) is 0 Å². The second-order valence-electron chi connectivity index (χ2n) is 4.13. The third-order valence-corrected chi connectivity index (χ3v) is 2.59. The highest BCUT2D eigenvalue weighted by molar-refractivity contribution is 5.91. The molecule has 0 atom stereocenters. The number of rotatable bonds is 6. The summed E-state index contributed by atoms with van der Waals surface area (Å²) in [5.74, 6) is 0.136. The summed E-state index contributed by atoms with van der Waals surface area (Å²) in [6.07, 6.45) is 3.48. The van der Waals surface area contributed by atoms with Crippen molar-refractivity contribution >= 4 is 11.7 Å². The van der Waals surface area contributed by atoms with Crippen LogP contribution >= 0.6 is 0 Å². The zero-order chi connectivity index (χ0) is 14.4. The van der Waals surface area contributed by atoms with Crippen LogP contribution in [-0.2, 0) is 11.3 Å². The third kappa shape index (κ3) is 3.74. The Morgan fingerprint density at radius 2 is 2.25 bits per heavy atom. The van der Waals surface area contributed by atoms with Crippen molar-refractivity contribution < 1.29 is 14.3 Å². The minimum Gasteiger partial charge on any atom is -0.494 e. The lowest BCUT2D eigenvalue weighted by Gasteiger charge is -2.08. The first-order valence-electron chi connectivity index (χ1n) is 6.37. The molecule has 106 valence electrons. The minimum absolute atomic E-state index is 0.249. The van der Waals surface area contributed by atoms with Crippen LogP contribution in [0.5, 0.6) is 5.75 Å². The summed E-state index contributed by atoms with van der Waals surface area (Å²) >= 11 is 0. The fourth-order valence-corrected chi connectivity index (χ4v) is 1.74. The molecule has 1 aromatic carbocycles. The number of hydrogen-bond donors (Lipinski definition) is 1. The van der Waals surface area contributed by atoms with Crippen LogP contribution in [0.25, 0.3) is 0 Å². The van der Waals surface area contributed by atoms with Crippen molar-refractivity contribution in [2.75, 3.05) is 18.9 Å². The van der Waals surface area contributed by atoms with Gasteiger partial charge in [-0.2, -0.15) is 5.10 Å². The molecular weight excluding hydrogens is 258 g/mol. The van der Waals surface area contributed by atoms with E-state index in [1.165, 1.54) is 0 Å². The molecule has 6 heteroatoms. The lowest BCUT2D eigenvalue weighted by atomic mass is 10.2. The second kappa shape index (κ2) is 6.60. The average Bonchev–Trinajstić information content (AvgIpc) is 2.91. The normalized spacial score (nSPS) is 10.2. The number of hydrogen-bond acceptors (Lipinski definition) is 5. The van der Waals surface area contributed by atoms with E-state index >= 15 is 0 Å². The van der Waals surface area contributed by atoms with Crippen LogP contribution in [0.4, 0.5) is 5.69 Å². The van der Waals surface area contributed by atoms with Crippen LogP contribution in [-0.4, -0.2) is 29.0 Å². The summed E-state index contributed by atoms with van der Waals surface area (Å²) in [5, 5.41) is 4.02. The minimum atomic E-state index is -0.426. The fraction of sp³-hybridized carbons (Fsp3) is 0.286. The molecule has 1 aromatic heterocycles. The quantitative estimate of drug-likeness (QED) is 0.641. The molecule has 0 saturated carbocycles. The van der Waals surface area contributed by atoms with E-state index in [2.05, 4.69) is 5.10 Å². The highest BCUT2D eigenvalue weighted by Gasteiger charge is 2.10. The van der Waals surface area contributed by atoms with Gasteiger partial charge in [-0.05, 0) is 25.1 Å². The standard InChI is InChI=1S/C14H17N3O3/c1-2-19-13-9-11(8-12(15)10-13)14(18)20-7-6-17-5-3-4-16-17/h3-5,8-10H,2,6-7,15H2,1H3. The van der Waals surface area contributed by atoms with Gasteiger partial charge in [0.05, 0.1) is 18.7 Å². The Balaban J connectivity index is 1.94. The van der Waals surface area contributed by atoms with Gasteiger partial charge in [0.25, 0.3) is 0 Å². The summed E-state index contributed by atoms with van der Waals surface area (Å²) in [4.78, 5) is 11.9. The van der Waals surface area contributed by atoms with Crippen molar-refractivity contribution in [3.63, 3.8) is 0 Å². The van der Waals surface area contributed by atoms with Crippen molar-refractivity contribution in [2.24, 2.45) is 0 Å². The number of nitrogens with two attached hydrogens (primary N) is 1. The molecule has 0 aliphatic rings. The molecule has 0 aliphatic carbocycles. The molecule has 1 heterocycles. The molecular formula is C14H17N3O3. The van der Waals surface area contributed by atoms with Crippen molar-refractivity contribution in [3.8, 4) is 5.75 Å². The fourth-order valence-electron chi connectivity index (χ4n) is 1.74. The van der Waals surface area contributed by atoms with Crippen molar-refractivity contribution in [2.45, 2.75) is 13.5 Å². The lowest BCUT2D eigenvalue weighted by molar-refractivity contribution is 0.0487. The Kier molecular flexibility index (Phi) is 4.60. The van der Waals surface area contributed by atoms with Gasteiger partial charge < -0.3 is 15.2 Å². The number of nitrogen functional groups attached to an aromatic ring is 1. The Morgan fingerprint density at radius 1 is 1.40 bits per heavy atom. The van der Waals surface area contributed by atoms with Crippen molar-refractivity contribution in [3.05, 3.63) is 42.2 Å². The highest BCUT2D eigenvalue weighted by Crippen LogP contribution is 2.19. The van der Waals surface area contributed by atoms with Crippen molar-refractivity contribution in [1.29, 1.82) is 0 Å². The Morgan fingerprint density at radius 3 is 2.95 bits per heavy atom. The van der Waals surface area contributed by atoms with E-state index in [9.17, 15) is 4.79 Å². The zero-order valence-electron chi connectivity index (χ0n) is 11.3. The number of aromatic nitrogens is 2. The van der Waals surface area contributed by atoms with Gasteiger partial charge in [-0.15, -0.1) is 0 Å². The van der Waals surface area contributed by atoms with Crippen LogP contribution in [0.15, 0.2) is 36.7 Å². The first-order chi connectivity index (χ1) is 9.69. The maximum atomic E-state index is 11.9. The molecule has 0 saturated heterocycles. The number of benzene rings is 1. The maximum Gasteiger partial charge on any atom is 0.338 e. The second-order valence-corrected chi connectivity index (χ2v) is 4.13. The first kappa shape index (κ1) is 13.9. The van der Waals surface area contributed by atoms with E-state index in [1.54, 1.807) is 29.1 Å². The number of esters is 1. The Labute approximate surface area is 117 Å². The summed E-state index contributed by atoms with van der Waals surface area (Å²) < 4.78 is 12.2. The summed E-state index contributed by atoms with van der Waals surface area (Å²) in [6.45, 7) is 3.14. The van der Waals surface area contributed by atoms with Gasteiger partial charge in [0.1, 0.15) is 12.4 Å². The molecule has 0 bridgehead atoms. The molecule has 6 nitrogen and oxygen atoms in total. The Hall–Kier alpha value is -2.50. The van der Waals surface area contributed by atoms with E-state index < -0.39 is 5.97 Å². The smallest absolute Gasteiger partial charge is 0.338 e. The van der Waals surface area contributed by atoms with Crippen LogP contribution in [0.1, 0.15) is 17.3 Å². The van der Waals surface area contributed by atoms with E-state index in [-0.39, 0.29) is 6.61 Å². The van der Waals surface area contributed by atoms with E-state index in [0.717, 1.165) is 0 Å². The predicted molar refractivity (Wildman–Crippen MR) is 74.5 cm³/mol. The van der Waals surface area contributed by atoms with Gasteiger partial charge in [0.2, 0.25) is 0 Å². The van der Waals surface area contributed by atoms with Gasteiger partial charge >= 0.3 is 5.97 Å². The van der Waals surface area contributed by atoms with Crippen LogP contribution in [0, 0.1) is 0 Å². The monoisotopic (exact) mass is 275 g/mol. The number of ether oxygens (including phenoxy) is 2. The van der Waals surface area contributed by atoms with Gasteiger partial charge in [-0.3, -0.25) is 4.68 Å². The molecule has 20 heavy (non-hydrogen) atoms. The summed E-state index contributed by atoms with van der Waals surface area (Å²) in [7, 11) is 0. The number of carbonyl (C=O) groups is 1. The molecule has 0 unspecified atom stereocenters. The van der Waals surface area contributed by atoms with Gasteiger partial charge in [-0.25, -0.2) is 4.79 Å². The molecule has 0 spiro atoms. The lowest BCUT2D eigenvalue weighted by Crippen LogP contribution is -2.12. The highest BCUT2D eigenvalue weighted by atomic mass is 16.5. The molecule has 2 rings (SSSR count).